The van der Waals surface area contributed by atoms with Gasteiger partial charge in [-0.05, 0) is 42.7 Å². The fourth-order valence-corrected chi connectivity index (χ4v) is 2.84. The van der Waals surface area contributed by atoms with E-state index in [1.54, 1.807) is 6.20 Å². The van der Waals surface area contributed by atoms with E-state index in [1.807, 2.05) is 12.1 Å². The third-order valence-electron chi connectivity index (χ3n) is 4.00. The third kappa shape index (κ3) is 2.30. The lowest BCUT2D eigenvalue weighted by Crippen LogP contribution is -2.31. The Morgan fingerprint density at radius 1 is 1.25 bits per heavy atom. The van der Waals surface area contributed by atoms with Gasteiger partial charge in [0.1, 0.15) is 5.82 Å². The van der Waals surface area contributed by atoms with Gasteiger partial charge in [0, 0.05) is 25.0 Å². The minimum absolute atomic E-state index is 0.0362. The first-order chi connectivity index (χ1) is 9.66. The fraction of sp³-hybridized carbons (Fsp3) is 0.500. The van der Waals surface area contributed by atoms with Crippen LogP contribution in [0.15, 0.2) is 23.1 Å². The predicted molar refractivity (Wildman–Crippen MR) is 82.5 cm³/mol. The van der Waals surface area contributed by atoms with Crippen LogP contribution in [0.25, 0.3) is 10.8 Å². The minimum atomic E-state index is -0.0362. The normalized spacial score (nSPS) is 16.1. The zero-order valence-corrected chi connectivity index (χ0v) is 12.1. The van der Waals surface area contributed by atoms with Crippen LogP contribution >= 0.6 is 0 Å². The minimum Gasteiger partial charge on any atom is -0.356 e. The molecule has 4 heteroatoms. The van der Waals surface area contributed by atoms with Crippen LogP contribution in [-0.4, -0.2) is 23.1 Å². The van der Waals surface area contributed by atoms with Crippen LogP contribution in [0.3, 0.4) is 0 Å². The van der Waals surface area contributed by atoms with E-state index in [2.05, 4.69) is 23.7 Å². The molecule has 1 N–H and O–H groups in total. The second kappa shape index (κ2) is 5.27. The average molecular weight is 271 g/mol. The van der Waals surface area contributed by atoms with Crippen molar-refractivity contribution in [2.24, 2.45) is 0 Å². The summed E-state index contributed by atoms with van der Waals surface area (Å²) >= 11 is 0. The van der Waals surface area contributed by atoms with Gasteiger partial charge in [0.2, 0.25) is 0 Å². The molecule has 0 atom stereocenters. The summed E-state index contributed by atoms with van der Waals surface area (Å²) in [5.74, 6) is 1.23. The second-order valence-corrected chi connectivity index (χ2v) is 5.84. The van der Waals surface area contributed by atoms with Crippen molar-refractivity contribution in [3.63, 3.8) is 0 Å². The highest BCUT2D eigenvalue weighted by atomic mass is 16.1. The molecule has 3 heterocycles. The van der Waals surface area contributed by atoms with E-state index in [0.717, 1.165) is 35.4 Å². The van der Waals surface area contributed by atoms with Crippen LogP contribution in [0.2, 0.25) is 0 Å². The lowest BCUT2D eigenvalue weighted by Gasteiger charge is -2.29. The van der Waals surface area contributed by atoms with E-state index in [9.17, 15) is 4.79 Å². The number of anilines is 1. The van der Waals surface area contributed by atoms with Crippen LogP contribution in [0, 0.1) is 0 Å². The lowest BCUT2D eigenvalue weighted by molar-refractivity contribution is 0.573. The van der Waals surface area contributed by atoms with E-state index in [1.165, 1.54) is 19.3 Å². The molecule has 0 aliphatic carbocycles. The average Bonchev–Trinajstić information content (AvgIpc) is 2.47. The summed E-state index contributed by atoms with van der Waals surface area (Å²) in [5.41, 5.74) is 1.02. The molecule has 2 aromatic heterocycles. The molecule has 0 spiro atoms. The maximum absolute atomic E-state index is 12.2. The molecular weight excluding hydrogens is 250 g/mol. The maximum Gasteiger partial charge on any atom is 0.259 e. The largest absolute Gasteiger partial charge is 0.356 e. The molecule has 0 unspecified atom stereocenters. The molecular formula is C16H21N3O. The summed E-state index contributed by atoms with van der Waals surface area (Å²) < 4.78 is 0. The summed E-state index contributed by atoms with van der Waals surface area (Å²) in [6.07, 6.45) is 5.35. The number of aromatic nitrogens is 2. The van der Waals surface area contributed by atoms with Crippen LogP contribution in [0.4, 0.5) is 5.82 Å². The van der Waals surface area contributed by atoms with E-state index < -0.39 is 0 Å². The van der Waals surface area contributed by atoms with Crippen LogP contribution in [-0.2, 0) is 0 Å². The smallest absolute Gasteiger partial charge is 0.259 e. The molecule has 0 bridgehead atoms. The second-order valence-electron chi connectivity index (χ2n) is 5.84. The molecule has 0 amide bonds. The van der Waals surface area contributed by atoms with Crippen molar-refractivity contribution in [2.45, 2.75) is 39.0 Å². The molecule has 1 fully saturated rings. The molecule has 106 valence electrons. The molecule has 1 aliphatic heterocycles. The summed E-state index contributed by atoms with van der Waals surface area (Å²) in [4.78, 5) is 22.0. The van der Waals surface area contributed by atoms with Gasteiger partial charge in [-0.2, -0.15) is 0 Å². The molecule has 20 heavy (non-hydrogen) atoms. The van der Waals surface area contributed by atoms with E-state index >= 15 is 0 Å². The van der Waals surface area contributed by atoms with E-state index in [0.29, 0.717) is 5.92 Å². The van der Waals surface area contributed by atoms with Gasteiger partial charge in [-0.1, -0.05) is 13.8 Å². The van der Waals surface area contributed by atoms with Gasteiger partial charge < -0.3 is 9.88 Å². The number of hydrogen-bond acceptors (Lipinski definition) is 3. The highest BCUT2D eigenvalue weighted by molar-refractivity contribution is 5.91. The van der Waals surface area contributed by atoms with Crippen LogP contribution in [0.1, 0.15) is 44.7 Å². The number of fused-ring (bicyclic) bond motifs is 1. The van der Waals surface area contributed by atoms with Gasteiger partial charge in [-0.3, -0.25) is 4.79 Å². The lowest BCUT2D eigenvalue weighted by atomic mass is 10.0. The monoisotopic (exact) mass is 271 g/mol. The number of H-pyrrole nitrogens is 1. The van der Waals surface area contributed by atoms with Gasteiger partial charge >= 0.3 is 0 Å². The van der Waals surface area contributed by atoms with Gasteiger partial charge in [0.05, 0.1) is 5.39 Å². The summed E-state index contributed by atoms with van der Waals surface area (Å²) in [6, 6.07) is 4.01. The van der Waals surface area contributed by atoms with Crippen LogP contribution < -0.4 is 10.5 Å². The topological polar surface area (TPSA) is 49.0 Å². The summed E-state index contributed by atoms with van der Waals surface area (Å²) in [6.45, 7) is 6.28. The standard InChI is InChI=1S/C16H21N3O/c1-11(2)13-10-12-6-7-17-16(20)14(12)15(18-13)19-8-4-3-5-9-19/h6-7,10-11H,3-5,8-9H2,1-2H3,(H,17,20). The van der Waals surface area contributed by atoms with Crippen molar-refractivity contribution >= 4 is 16.6 Å². The zero-order chi connectivity index (χ0) is 14.1. The number of nitrogens with one attached hydrogen (secondary N) is 1. The number of nitrogens with zero attached hydrogens (tertiary/aromatic N) is 2. The Kier molecular flexibility index (Phi) is 3.47. The van der Waals surface area contributed by atoms with Crippen molar-refractivity contribution in [3.05, 3.63) is 34.4 Å². The highest BCUT2D eigenvalue weighted by Crippen LogP contribution is 2.27. The zero-order valence-electron chi connectivity index (χ0n) is 12.1. The quantitative estimate of drug-likeness (QED) is 0.913. The van der Waals surface area contributed by atoms with Gasteiger partial charge in [0.15, 0.2) is 0 Å². The molecule has 0 aromatic carbocycles. The molecule has 0 radical (unpaired) electrons. The van der Waals surface area contributed by atoms with Gasteiger partial charge in [-0.15, -0.1) is 0 Å². The SMILES string of the molecule is CC(C)c1cc2cc[nH]c(=O)c2c(N2CCCCC2)n1. The number of rotatable bonds is 2. The van der Waals surface area contributed by atoms with Crippen molar-refractivity contribution < 1.29 is 0 Å². The van der Waals surface area contributed by atoms with Crippen molar-refractivity contribution in [2.75, 3.05) is 18.0 Å². The first-order valence-corrected chi connectivity index (χ1v) is 7.44. The molecule has 4 nitrogen and oxygen atoms in total. The van der Waals surface area contributed by atoms with Crippen molar-refractivity contribution in [1.82, 2.24) is 9.97 Å². The highest BCUT2D eigenvalue weighted by Gasteiger charge is 2.18. The number of hydrogen-bond donors (Lipinski definition) is 1. The molecule has 0 saturated carbocycles. The number of pyridine rings is 2. The van der Waals surface area contributed by atoms with E-state index in [-0.39, 0.29) is 5.56 Å². The van der Waals surface area contributed by atoms with Crippen molar-refractivity contribution in [1.29, 1.82) is 0 Å². The first-order valence-electron chi connectivity index (χ1n) is 7.44. The summed E-state index contributed by atoms with van der Waals surface area (Å²) in [7, 11) is 0. The molecule has 3 rings (SSSR count). The Labute approximate surface area is 118 Å². The van der Waals surface area contributed by atoms with Crippen LogP contribution in [0.5, 0.6) is 0 Å². The van der Waals surface area contributed by atoms with Gasteiger partial charge in [0.25, 0.3) is 5.56 Å². The summed E-state index contributed by atoms with van der Waals surface area (Å²) in [5, 5.41) is 1.73. The Morgan fingerprint density at radius 2 is 2.00 bits per heavy atom. The predicted octanol–water partition coefficient (Wildman–Crippen LogP) is 3.04. The Morgan fingerprint density at radius 3 is 2.70 bits per heavy atom. The number of piperidine rings is 1. The maximum atomic E-state index is 12.2. The molecule has 1 saturated heterocycles. The molecule has 2 aromatic rings. The Hall–Kier alpha value is -1.84. The van der Waals surface area contributed by atoms with E-state index in [4.69, 9.17) is 4.98 Å². The number of aromatic amines is 1. The fourth-order valence-electron chi connectivity index (χ4n) is 2.84. The Bertz CT molecular complexity index is 669. The molecule has 1 aliphatic rings. The Balaban J connectivity index is 2.23. The van der Waals surface area contributed by atoms with Gasteiger partial charge in [-0.25, -0.2) is 4.98 Å². The van der Waals surface area contributed by atoms with Crippen molar-refractivity contribution in [3.8, 4) is 0 Å². The third-order valence-corrected chi connectivity index (χ3v) is 4.00. The first kappa shape index (κ1) is 13.2.